The molecule has 0 radical (unpaired) electrons. The van der Waals surface area contributed by atoms with Gasteiger partial charge in [0.25, 0.3) is 0 Å². The largest absolute Gasteiger partial charge is 0.481 e. The fourth-order valence-electron chi connectivity index (χ4n) is 0.807. The van der Waals surface area contributed by atoms with Crippen LogP contribution in [0.5, 0.6) is 0 Å². The lowest BCUT2D eigenvalue weighted by molar-refractivity contribution is -0.143. The van der Waals surface area contributed by atoms with Crippen LogP contribution in [-0.2, 0) is 9.59 Å². The molecular weight excluding hydrogens is 132 g/mol. The lowest BCUT2D eigenvalue weighted by Gasteiger charge is -2.04. The van der Waals surface area contributed by atoms with Crippen LogP contribution in [0.4, 0.5) is 0 Å². The average Bonchev–Trinajstić information content (AvgIpc) is 1.87. The van der Waals surface area contributed by atoms with Crippen LogP contribution in [0, 0.1) is 5.92 Å². The van der Waals surface area contributed by atoms with Gasteiger partial charge in [0.05, 0.1) is 5.92 Å². The molecule has 10 heavy (non-hydrogen) atoms. The van der Waals surface area contributed by atoms with E-state index in [1.165, 1.54) is 0 Å². The molecule has 3 nitrogen and oxygen atoms in total. The Morgan fingerprint density at radius 3 is 2.60 bits per heavy atom. The van der Waals surface area contributed by atoms with E-state index in [1.54, 1.807) is 0 Å². The summed E-state index contributed by atoms with van der Waals surface area (Å²) >= 11 is 0. The van der Waals surface area contributed by atoms with E-state index in [2.05, 4.69) is 0 Å². The Kier molecular flexibility index (Phi) is 4.54. The van der Waals surface area contributed by atoms with Gasteiger partial charge in [-0.15, -0.1) is 0 Å². The maximum Gasteiger partial charge on any atom is 0.306 e. The molecule has 0 bridgehead atoms. The topological polar surface area (TPSA) is 54.4 Å². The minimum absolute atomic E-state index is 0.142. The Labute approximate surface area is 60.0 Å². The van der Waals surface area contributed by atoms with E-state index in [9.17, 15) is 9.59 Å². The number of hydrogen-bond donors (Lipinski definition) is 1. The molecule has 0 spiro atoms. The number of carbonyl (C=O) groups excluding carboxylic acids is 1. The number of hydrogen-bond acceptors (Lipinski definition) is 2. The number of rotatable bonds is 5. The van der Waals surface area contributed by atoms with Crippen molar-refractivity contribution in [1.29, 1.82) is 0 Å². The summed E-state index contributed by atoms with van der Waals surface area (Å²) in [4.78, 5) is 20.3. The van der Waals surface area contributed by atoms with Crippen LogP contribution in [0.15, 0.2) is 0 Å². The maximum absolute atomic E-state index is 10.3. The van der Waals surface area contributed by atoms with Gasteiger partial charge in [-0.2, -0.15) is 0 Å². The molecule has 1 unspecified atom stereocenters. The molecule has 1 atom stereocenters. The van der Waals surface area contributed by atoms with E-state index in [4.69, 9.17) is 5.11 Å². The molecule has 0 aliphatic rings. The minimum Gasteiger partial charge on any atom is -0.481 e. The average molecular weight is 144 g/mol. The van der Waals surface area contributed by atoms with Gasteiger partial charge in [-0.25, -0.2) is 0 Å². The highest BCUT2D eigenvalue weighted by Gasteiger charge is 2.14. The summed E-state index contributed by atoms with van der Waals surface area (Å²) in [6, 6.07) is 0. The van der Waals surface area contributed by atoms with Crippen LogP contribution < -0.4 is 0 Å². The second-order valence-electron chi connectivity index (χ2n) is 2.23. The second-order valence-corrected chi connectivity index (χ2v) is 2.23. The van der Waals surface area contributed by atoms with Gasteiger partial charge in [-0.3, -0.25) is 4.79 Å². The highest BCUT2D eigenvalue weighted by Crippen LogP contribution is 2.08. The lowest BCUT2D eigenvalue weighted by Crippen LogP contribution is -2.13. The molecule has 0 saturated carbocycles. The standard InChI is InChI=1S/C7H12O3/c1-2-3-6(4-5-8)7(9)10/h5-6H,2-4H2,1H3,(H,9,10). The van der Waals surface area contributed by atoms with E-state index in [0.717, 1.165) is 6.42 Å². The predicted octanol–water partition coefficient (Wildman–Crippen LogP) is 1.08. The molecule has 0 rings (SSSR count). The molecule has 0 aromatic rings. The number of carboxylic acid groups (broad SMARTS) is 1. The van der Waals surface area contributed by atoms with E-state index >= 15 is 0 Å². The van der Waals surface area contributed by atoms with Crippen LogP contribution in [-0.4, -0.2) is 17.4 Å². The number of aldehydes is 1. The third kappa shape index (κ3) is 3.22. The quantitative estimate of drug-likeness (QED) is 0.587. The zero-order chi connectivity index (χ0) is 7.98. The summed E-state index contributed by atoms with van der Waals surface area (Å²) in [6.45, 7) is 1.90. The molecule has 0 fully saturated rings. The zero-order valence-electron chi connectivity index (χ0n) is 6.04. The Bertz CT molecular complexity index is 120. The molecule has 58 valence electrons. The maximum atomic E-state index is 10.3. The highest BCUT2D eigenvalue weighted by molar-refractivity contribution is 5.73. The van der Waals surface area contributed by atoms with Gasteiger partial charge in [0, 0.05) is 6.42 Å². The molecule has 0 saturated heterocycles. The summed E-state index contributed by atoms with van der Waals surface area (Å²) in [5.74, 6) is -1.34. The fourth-order valence-corrected chi connectivity index (χ4v) is 0.807. The predicted molar refractivity (Wildman–Crippen MR) is 36.7 cm³/mol. The van der Waals surface area contributed by atoms with Crippen LogP contribution in [0.3, 0.4) is 0 Å². The molecule has 0 aliphatic carbocycles. The summed E-state index contributed by atoms with van der Waals surface area (Å²) in [6.07, 6.45) is 2.20. The Morgan fingerprint density at radius 2 is 2.30 bits per heavy atom. The van der Waals surface area contributed by atoms with Crippen molar-refractivity contribution >= 4 is 12.3 Å². The first-order chi connectivity index (χ1) is 4.72. The first kappa shape index (κ1) is 9.14. The normalized spacial score (nSPS) is 12.5. The van der Waals surface area contributed by atoms with Crippen LogP contribution in [0.2, 0.25) is 0 Å². The molecule has 0 aromatic heterocycles. The van der Waals surface area contributed by atoms with Crippen molar-refractivity contribution < 1.29 is 14.7 Å². The molecule has 0 aromatic carbocycles. The van der Waals surface area contributed by atoms with Gasteiger partial charge in [-0.05, 0) is 6.42 Å². The molecular formula is C7H12O3. The Morgan fingerprint density at radius 1 is 1.70 bits per heavy atom. The lowest BCUT2D eigenvalue weighted by atomic mass is 10.0. The van der Waals surface area contributed by atoms with Gasteiger partial charge in [-0.1, -0.05) is 13.3 Å². The van der Waals surface area contributed by atoms with Gasteiger partial charge in [0.15, 0.2) is 0 Å². The van der Waals surface area contributed by atoms with Gasteiger partial charge >= 0.3 is 5.97 Å². The zero-order valence-corrected chi connectivity index (χ0v) is 6.04. The van der Waals surface area contributed by atoms with E-state index in [1.807, 2.05) is 6.92 Å². The van der Waals surface area contributed by atoms with Crippen LogP contribution >= 0.6 is 0 Å². The second kappa shape index (κ2) is 4.97. The number of aliphatic carboxylic acids is 1. The van der Waals surface area contributed by atoms with Gasteiger partial charge < -0.3 is 9.90 Å². The fraction of sp³-hybridized carbons (Fsp3) is 0.714. The highest BCUT2D eigenvalue weighted by atomic mass is 16.4. The first-order valence-electron chi connectivity index (χ1n) is 3.38. The first-order valence-corrected chi connectivity index (χ1v) is 3.38. The van der Waals surface area contributed by atoms with Crippen molar-refractivity contribution in [2.45, 2.75) is 26.2 Å². The molecule has 0 aliphatic heterocycles. The van der Waals surface area contributed by atoms with Gasteiger partial charge in [0.2, 0.25) is 0 Å². The van der Waals surface area contributed by atoms with Crippen molar-refractivity contribution in [2.24, 2.45) is 5.92 Å². The Hall–Kier alpha value is -0.860. The van der Waals surface area contributed by atoms with E-state index in [0.29, 0.717) is 12.7 Å². The van der Waals surface area contributed by atoms with Crippen molar-refractivity contribution in [3.63, 3.8) is 0 Å². The van der Waals surface area contributed by atoms with Crippen LogP contribution in [0.1, 0.15) is 26.2 Å². The minimum atomic E-state index is -0.867. The number of carbonyl (C=O) groups is 2. The smallest absolute Gasteiger partial charge is 0.306 e. The summed E-state index contributed by atoms with van der Waals surface area (Å²) < 4.78 is 0. The van der Waals surface area contributed by atoms with E-state index < -0.39 is 11.9 Å². The van der Waals surface area contributed by atoms with Crippen molar-refractivity contribution in [1.82, 2.24) is 0 Å². The van der Waals surface area contributed by atoms with Crippen molar-refractivity contribution in [3.8, 4) is 0 Å². The monoisotopic (exact) mass is 144 g/mol. The third-order valence-electron chi connectivity index (χ3n) is 1.37. The molecule has 1 N–H and O–H groups in total. The summed E-state index contributed by atoms with van der Waals surface area (Å²) in [7, 11) is 0. The van der Waals surface area contributed by atoms with E-state index in [-0.39, 0.29) is 6.42 Å². The molecule has 0 heterocycles. The van der Waals surface area contributed by atoms with Crippen molar-refractivity contribution in [2.75, 3.05) is 0 Å². The van der Waals surface area contributed by atoms with Gasteiger partial charge in [0.1, 0.15) is 6.29 Å². The SMILES string of the molecule is CCCC(CC=O)C(=O)O. The molecule has 0 amide bonds. The summed E-state index contributed by atoms with van der Waals surface area (Å²) in [5.41, 5.74) is 0. The summed E-state index contributed by atoms with van der Waals surface area (Å²) in [5, 5.41) is 8.48. The Balaban J connectivity index is 3.71. The van der Waals surface area contributed by atoms with Crippen molar-refractivity contribution in [3.05, 3.63) is 0 Å². The van der Waals surface area contributed by atoms with Crippen LogP contribution in [0.25, 0.3) is 0 Å². The molecule has 3 heteroatoms. The number of carboxylic acids is 1. The third-order valence-corrected chi connectivity index (χ3v) is 1.37.